The number of nitrogens with zero attached hydrogens (tertiary/aromatic N) is 4. The predicted octanol–water partition coefficient (Wildman–Crippen LogP) is 1.88. The second-order valence-corrected chi connectivity index (χ2v) is 7.64. The molecule has 0 saturated carbocycles. The van der Waals surface area contributed by atoms with E-state index >= 15 is 0 Å². The molecule has 29 heavy (non-hydrogen) atoms. The lowest BCUT2D eigenvalue weighted by molar-refractivity contribution is -0.160. The van der Waals surface area contributed by atoms with Gasteiger partial charge in [0.25, 0.3) is 0 Å². The molecule has 4 heterocycles. The van der Waals surface area contributed by atoms with Gasteiger partial charge in [-0.1, -0.05) is 12.1 Å². The van der Waals surface area contributed by atoms with E-state index in [2.05, 4.69) is 28.1 Å². The molecule has 0 bridgehead atoms. The van der Waals surface area contributed by atoms with Crippen LogP contribution in [-0.2, 0) is 22.7 Å². The molecule has 2 aliphatic heterocycles. The number of carbonyl (C=O) groups is 2. The van der Waals surface area contributed by atoms with Gasteiger partial charge < -0.3 is 14.2 Å². The zero-order valence-electron chi connectivity index (χ0n) is 16.0. The molecule has 2 fully saturated rings. The van der Waals surface area contributed by atoms with Crippen LogP contribution in [0.25, 0.3) is 10.9 Å². The summed E-state index contributed by atoms with van der Waals surface area (Å²) < 4.78 is 5.36. The first kappa shape index (κ1) is 17.9. The number of hydrogen-bond acceptors (Lipinski definition) is 5. The van der Waals surface area contributed by atoms with Crippen molar-refractivity contribution in [2.75, 3.05) is 26.2 Å². The third kappa shape index (κ3) is 3.49. The monoisotopic (exact) mass is 390 g/mol. The topological polar surface area (TPSA) is 69.9 Å². The molecule has 7 heteroatoms. The van der Waals surface area contributed by atoms with Crippen LogP contribution in [0.2, 0.25) is 0 Å². The van der Waals surface area contributed by atoms with E-state index in [1.54, 1.807) is 28.3 Å². The number of benzene rings is 1. The summed E-state index contributed by atoms with van der Waals surface area (Å²) in [4.78, 5) is 35.6. The molecule has 148 valence electrons. The van der Waals surface area contributed by atoms with Crippen molar-refractivity contribution in [1.82, 2.24) is 19.7 Å². The molecule has 2 aromatic heterocycles. The van der Waals surface area contributed by atoms with Crippen LogP contribution in [0.5, 0.6) is 0 Å². The first-order valence-electron chi connectivity index (χ1n) is 9.84. The normalized spacial score (nSPS) is 20.3. The molecule has 1 unspecified atom stereocenters. The number of piperazine rings is 2. The highest BCUT2D eigenvalue weighted by Gasteiger charge is 2.42. The lowest BCUT2D eigenvalue weighted by atomic mass is 10.0. The van der Waals surface area contributed by atoms with Gasteiger partial charge >= 0.3 is 0 Å². The number of pyridine rings is 1. The highest BCUT2D eigenvalue weighted by atomic mass is 16.3. The SMILES string of the molecule is O=C1C2CN(Cc3ccc4ncccc4c3)CCN2C(=O)CN1Cc1ccco1. The summed E-state index contributed by atoms with van der Waals surface area (Å²) in [6.07, 6.45) is 3.38. The quantitative estimate of drug-likeness (QED) is 0.680. The lowest BCUT2D eigenvalue weighted by Gasteiger charge is -2.46. The molecule has 3 aromatic rings. The highest BCUT2D eigenvalue weighted by Crippen LogP contribution is 2.22. The Labute approximate surface area is 168 Å². The van der Waals surface area contributed by atoms with Gasteiger partial charge in [0.2, 0.25) is 11.8 Å². The number of carbonyl (C=O) groups excluding carboxylic acids is 2. The maximum Gasteiger partial charge on any atom is 0.247 e. The van der Waals surface area contributed by atoms with Gasteiger partial charge in [-0.25, -0.2) is 0 Å². The number of rotatable bonds is 4. The fourth-order valence-corrected chi connectivity index (χ4v) is 4.24. The molecule has 2 amide bonds. The second kappa shape index (κ2) is 7.33. The number of aromatic nitrogens is 1. The van der Waals surface area contributed by atoms with Crippen LogP contribution in [0, 0.1) is 0 Å². The maximum atomic E-state index is 13.1. The minimum atomic E-state index is -0.429. The van der Waals surface area contributed by atoms with E-state index in [4.69, 9.17) is 4.42 Å². The Morgan fingerprint density at radius 1 is 1.07 bits per heavy atom. The Balaban J connectivity index is 1.30. The van der Waals surface area contributed by atoms with Gasteiger partial charge in [0, 0.05) is 37.8 Å². The smallest absolute Gasteiger partial charge is 0.247 e. The molecule has 1 aromatic carbocycles. The molecule has 2 aliphatic rings. The Kier molecular flexibility index (Phi) is 4.52. The summed E-state index contributed by atoms with van der Waals surface area (Å²) in [5.41, 5.74) is 2.16. The van der Waals surface area contributed by atoms with Crippen molar-refractivity contribution in [3.05, 3.63) is 66.2 Å². The van der Waals surface area contributed by atoms with Crippen molar-refractivity contribution in [3.63, 3.8) is 0 Å². The van der Waals surface area contributed by atoms with E-state index in [-0.39, 0.29) is 18.4 Å². The van der Waals surface area contributed by atoms with Crippen LogP contribution >= 0.6 is 0 Å². The number of hydrogen-bond donors (Lipinski definition) is 0. The Hall–Kier alpha value is -3.19. The van der Waals surface area contributed by atoms with E-state index in [0.29, 0.717) is 25.4 Å². The molecule has 0 aliphatic carbocycles. The summed E-state index contributed by atoms with van der Waals surface area (Å²) in [7, 11) is 0. The van der Waals surface area contributed by atoms with E-state index in [9.17, 15) is 9.59 Å². The first-order valence-corrected chi connectivity index (χ1v) is 9.84. The average molecular weight is 390 g/mol. The van der Waals surface area contributed by atoms with Gasteiger partial charge in [0.1, 0.15) is 18.3 Å². The van der Waals surface area contributed by atoms with Gasteiger partial charge in [-0.2, -0.15) is 0 Å². The van der Waals surface area contributed by atoms with Crippen molar-refractivity contribution >= 4 is 22.7 Å². The fraction of sp³-hybridized carbons (Fsp3) is 0.318. The van der Waals surface area contributed by atoms with Gasteiger partial charge in [-0.3, -0.25) is 19.5 Å². The van der Waals surface area contributed by atoms with E-state index < -0.39 is 6.04 Å². The number of furan rings is 1. The zero-order valence-corrected chi connectivity index (χ0v) is 16.0. The van der Waals surface area contributed by atoms with Crippen molar-refractivity contribution in [2.45, 2.75) is 19.1 Å². The van der Waals surface area contributed by atoms with Gasteiger partial charge in [0.05, 0.1) is 18.3 Å². The molecule has 0 N–H and O–H groups in total. The van der Waals surface area contributed by atoms with Crippen LogP contribution in [0.1, 0.15) is 11.3 Å². The Morgan fingerprint density at radius 3 is 2.86 bits per heavy atom. The van der Waals surface area contributed by atoms with Gasteiger partial charge in [-0.05, 0) is 35.9 Å². The van der Waals surface area contributed by atoms with Crippen molar-refractivity contribution in [1.29, 1.82) is 0 Å². The zero-order chi connectivity index (χ0) is 19.8. The largest absolute Gasteiger partial charge is 0.467 e. The summed E-state index contributed by atoms with van der Waals surface area (Å²) in [5, 5.41) is 1.11. The summed E-state index contributed by atoms with van der Waals surface area (Å²) in [6, 6.07) is 13.4. The van der Waals surface area contributed by atoms with Crippen molar-refractivity contribution in [3.8, 4) is 0 Å². The molecular formula is C22H22N4O3. The van der Waals surface area contributed by atoms with Crippen LogP contribution < -0.4 is 0 Å². The van der Waals surface area contributed by atoms with E-state index in [1.165, 1.54) is 5.56 Å². The predicted molar refractivity (Wildman–Crippen MR) is 107 cm³/mol. The summed E-state index contributed by atoms with van der Waals surface area (Å²) >= 11 is 0. The van der Waals surface area contributed by atoms with E-state index in [1.807, 2.05) is 18.2 Å². The molecule has 7 nitrogen and oxygen atoms in total. The van der Waals surface area contributed by atoms with Crippen molar-refractivity contribution < 1.29 is 14.0 Å². The standard InChI is InChI=1S/C22H22N4O3/c27-21-15-25(13-18-4-2-10-29-18)22(28)20-14-24(8-9-26(20)21)12-16-5-6-19-17(11-16)3-1-7-23-19/h1-7,10-11,20H,8-9,12-15H2. The third-order valence-electron chi connectivity index (χ3n) is 5.71. The van der Waals surface area contributed by atoms with Gasteiger partial charge in [-0.15, -0.1) is 0 Å². The second-order valence-electron chi connectivity index (χ2n) is 7.64. The minimum Gasteiger partial charge on any atom is -0.467 e. The summed E-state index contributed by atoms with van der Waals surface area (Å²) in [6.45, 7) is 3.09. The van der Waals surface area contributed by atoms with Gasteiger partial charge in [0.15, 0.2) is 0 Å². The minimum absolute atomic E-state index is 0.00610. The molecule has 5 rings (SSSR count). The Morgan fingerprint density at radius 2 is 2.00 bits per heavy atom. The number of fused-ring (bicyclic) bond motifs is 2. The lowest BCUT2D eigenvalue weighted by Crippen LogP contribution is -2.66. The van der Waals surface area contributed by atoms with Crippen LogP contribution in [-0.4, -0.2) is 63.7 Å². The molecular weight excluding hydrogens is 368 g/mol. The maximum absolute atomic E-state index is 13.1. The van der Waals surface area contributed by atoms with Crippen LogP contribution in [0.4, 0.5) is 0 Å². The first-order chi connectivity index (χ1) is 14.2. The van der Waals surface area contributed by atoms with E-state index in [0.717, 1.165) is 24.0 Å². The molecule has 0 spiro atoms. The average Bonchev–Trinajstić information content (AvgIpc) is 3.25. The van der Waals surface area contributed by atoms with Crippen LogP contribution in [0.15, 0.2) is 59.3 Å². The Bertz CT molecular complexity index is 1050. The summed E-state index contributed by atoms with van der Waals surface area (Å²) in [5.74, 6) is 0.697. The molecule has 0 radical (unpaired) electrons. The molecule has 1 atom stereocenters. The fourth-order valence-electron chi connectivity index (χ4n) is 4.24. The van der Waals surface area contributed by atoms with Crippen LogP contribution in [0.3, 0.4) is 0 Å². The molecule has 2 saturated heterocycles. The third-order valence-corrected chi connectivity index (χ3v) is 5.71. The van der Waals surface area contributed by atoms with Crippen molar-refractivity contribution in [2.24, 2.45) is 0 Å². The number of amides is 2. The highest BCUT2D eigenvalue weighted by molar-refractivity contribution is 5.95.